The zero-order valence-corrected chi connectivity index (χ0v) is 18.6. The van der Waals surface area contributed by atoms with Crippen LogP contribution < -0.4 is 20.3 Å². The minimum absolute atomic E-state index is 0.0271. The van der Waals surface area contributed by atoms with Crippen molar-refractivity contribution in [3.63, 3.8) is 0 Å². The average molecular weight is 459 g/mol. The number of hydrogen-bond acceptors (Lipinski definition) is 8. The lowest BCUT2D eigenvalue weighted by Crippen LogP contribution is -2.51. The molecule has 1 unspecified atom stereocenters. The molecule has 2 amide bonds. The van der Waals surface area contributed by atoms with E-state index < -0.39 is 36.5 Å². The van der Waals surface area contributed by atoms with Crippen LogP contribution in [0.2, 0.25) is 0 Å². The number of carbonyl (C=O) groups is 4. The summed E-state index contributed by atoms with van der Waals surface area (Å²) in [5.74, 6) is -1.86. The number of aromatic amines is 1. The number of para-hydroxylation sites is 2. The van der Waals surface area contributed by atoms with E-state index in [4.69, 9.17) is 18.9 Å². The summed E-state index contributed by atoms with van der Waals surface area (Å²) in [5, 5.41) is 0. The molecule has 3 N–H and O–H groups in total. The van der Waals surface area contributed by atoms with Crippen molar-refractivity contribution in [2.75, 3.05) is 13.2 Å². The Kier molecular flexibility index (Phi) is 7.21. The molecule has 176 valence electrons. The molecule has 11 heteroatoms. The summed E-state index contributed by atoms with van der Waals surface area (Å²) in [6, 6.07) is 6.88. The fourth-order valence-corrected chi connectivity index (χ4v) is 3.13. The van der Waals surface area contributed by atoms with Crippen molar-refractivity contribution < 1.29 is 38.1 Å². The first-order valence-electron chi connectivity index (χ1n) is 10.2. The van der Waals surface area contributed by atoms with Gasteiger partial charge in [-0.2, -0.15) is 0 Å². The van der Waals surface area contributed by atoms with Gasteiger partial charge in [0.25, 0.3) is 11.8 Å². The number of H-pyrrole nitrogens is 1. The van der Waals surface area contributed by atoms with Gasteiger partial charge in [-0.25, -0.2) is 9.59 Å². The van der Waals surface area contributed by atoms with E-state index in [1.807, 2.05) is 0 Å². The molecule has 0 radical (unpaired) electrons. The number of esters is 2. The minimum atomic E-state index is -0.962. The largest absolute Gasteiger partial charge is 0.485 e. The van der Waals surface area contributed by atoms with E-state index in [1.54, 1.807) is 52.0 Å². The number of rotatable bonds is 6. The van der Waals surface area contributed by atoms with Gasteiger partial charge in [0.1, 0.15) is 12.3 Å². The fraction of sp³-hybridized carbons (Fsp3) is 0.364. The second kappa shape index (κ2) is 10.1. The van der Waals surface area contributed by atoms with Crippen LogP contribution in [0.4, 0.5) is 0 Å². The predicted octanol–water partition coefficient (Wildman–Crippen LogP) is 1.34. The van der Waals surface area contributed by atoms with Gasteiger partial charge in [0, 0.05) is 5.69 Å². The van der Waals surface area contributed by atoms with Gasteiger partial charge in [0.15, 0.2) is 18.1 Å². The highest BCUT2D eigenvalue weighted by Crippen LogP contribution is 2.30. The molecular weight excluding hydrogens is 434 g/mol. The Balaban J connectivity index is 1.49. The predicted molar refractivity (Wildman–Crippen MR) is 114 cm³/mol. The Morgan fingerprint density at radius 2 is 1.79 bits per heavy atom. The van der Waals surface area contributed by atoms with Crippen molar-refractivity contribution in [1.82, 2.24) is 15.8 Å². The molecule has 1 aliphatic heterocycles. The summed E-state index contributed by atoms with van der Waals surface area (Å²) in [6.07, 6.45) is -1.28. The third-order valence-electron chi connectivity index (χ3n) is 4.65. The lowest BCUT2D eigenvalue weighted by molar-refractivity contribution is -0.135. The maximum atomic E-state index is 12.4. The molecule has 11 nitrogen and oxygen atoms in total. The van der Waals surface area contributed by atoms with Crippen LogP contribution in [0.1, 0.15) is 46.0 Å². The lowest BCUT2D eigenvalue weighted by atomic mass is 10.1. The number of nitrogens with one attached hydrogen (secondary N) is 3. The third-order valence-corrected chi connectivity index (χ3v) is 4.65. The van der Waals surface area contributed by atoms with Crippen LogP contribution in [0.5, 0.6) is 11.5 Å². The molecule has 0 bridgehead atoms. The van der Waals surface area contributed by atoms with Gasteiger partial charge in [-0.1, -0.05) is 12.1 Å². The number of ether oxygens (including phenoxy) is 4. The van der Waals surface area contributed by atoms with Crippen molar-refractivity contribution in [1.29, 1.82) is 0 Å². The van der Waals surface area contributed by atoms with Crippen molar-refractivity contribution in [3.05, 3.63) is 46.8 Å². The Labute approximate surface area is 189 Å². The Morgan fingerprint density at radius 1 is 1.09 bits per heavy atom. The quantitative estimate of drug-likeness (QED) is 0.433. The topological polar surface area (TPSA) is 145 Å². The second-order valence-electron chi connectivity index (χ2n) is 7.56. The molecule has 0 saturated carbocycles. The monoisotopic (exact) mass is 459 g/mol. The van der Waals surface area contributed by atoms with Crippen LogP contribution in [0.15, 0.2) is 24.3 Å². The summed E-state index contributed by atoms with van der Waals surface area (Å²) in [4.78, 5) is 51.6. The van der Waals surface area contributed by atoms with Gasteiger partial charge in [-0.15, -0.1) is 0 Å². The number of amides is 2. The number of carbonyl (C=O) groups excluding carboxylic acids is 4. The molecule has 1 atom stereocenters. The highest BCUT2D eigenvalue weighted by Gasteiger charge is 2.28. The van der Waals surface area contributed by atoms with Gasteiger partial charge < -0.3 is 23.9 Å². The number of hydrazine groups is 1. The van der Waals surface area contributed by atoms with E-state index in [9.17, 15) is 19.2 Å². The first kappa shape index (κ1) is 23.6. The van der Waals surface area contributed by atoms with Gasteiger partial charge in [-0.3, -0.25) is 20.4 Å². The Bertz CT molecular complexity index is 1080. The number of aromatic nitrogens is 1. The van der Waals surface area contributed by atoms with Crippen LogP contribution in [0.25, 0.3) is 0 Å². The molecule has 0 aliphatic carbocycles. The molecule has 3 rings (SSSR count). The number of fused-ring (bicyclic) bond motifs is 1. The van der Waals surface area contributed by atoms with Crippen LogP contribution in [0, 0.1) is 13.8 Å². The van der Waals surface area contributed by atoms with Gasteiger partial charge in [0.05, 0.1) is 11.7 Å². The van der Waals surface area contributed by atoms with Gasteiger partial charge >= 0.3 is 11.9 Å². The molecule has 1 aliphatic rings. The standard InChI is InChI=1S/C22H25N3O8/c1-11(2)32-21(28)18-12(3)19(23-13(18)4)22(29)31-10-17(26)24-25-20(27)16-9-30-14-7-5-6-8-15(14)33-16/h5-8,11,16,23H,9-10H2,1-4H3,(H,24,26)(H,25,27). The molecule has 0 saturated heterocycles. The molecule has 1 aromatic carbocycles. The van der Waals surface area contributed by atoms with E-state index in [0.29, 0.717) is 22.8 Å². The number of aryl methyl sites for hydroxylation is 1. The number of hydrogen-bond donors (Lipinski definition) is 3. The van der Waals surface area contributed by atoms with Crippen LogP contribution in [-0.4, -0.2) is 54.2 Å². The van der Waals surface area contributed by atoms with E-state index in [0.717, 1.165) is 0 Å². The van der Waals surface area contributed by atoms with Gasteiger partial charge in [-0.05, 0) is 45.4 Å². The maximum Gasteiger partial charge on any atom is 0.355 e. The zero-order valence-electron chi connectivity index (χ0n) is 18.6. The molecule has 2 aromatic rings. The van der Waals surface area contributed by atoms with Crippen LogP contribution in [-0.2, 0) is 19.1 Å². The van der Waals surface area contributed by atoms with Crippen LogP contribution in [0.3, 0.4) is 0 Å². The highest BCUT2D eigenvalue weighted by molar-refractivity contribution is 5.99. The van der Waals surface area contributed by atoms with E-state index in [2.05, 4.69) is 15.8 Å². The van der Waals surface area contributed by atoms with Crippen molar-refractivity contribution in [2.45, 2.75) is 39.9 Å². The van der Waals surface area contributed by atoms with Crippen molar-refractivity contribution >= 4 is 23.8 Å². The number of benzene rings is 1. The molecule has 33 heavy (non-hydrogen) atoms. The van der Waals surface area contributed by atoms with Crippen molar-refractivity contribution in [2.24, 2.45) is 0 Å². The van der Waals surface area contributed by atoms with Gasteiger partial charge in [0.2, 0.25) is 6.10 Å². The van der Waals surface area contributed by atoms with E-state index >= 15 is 0 Å². The molecule has 0 spiro atoms. The highest BCUT2D eigenvalue weighted by atomic mass is 16.6. The average Bonchev–Trinajstić information content (AvgIpc) is 3.08. The molecule has 2 heterocycles. The first-order chi connectivity index (χ1) is 15.7. The summed E-state index contributed by atoms with van der Waals surface area (Å²) in [6.45, 7) is 5.94. The summed E-state index contributed by atoms with van der Waals surface area (Å²) in [7, 11) is 0. The SMILES string of the molecule is Cc1[nH]c(C(=O)OCC(=O)NNC(=O)C2COc3ccccc3O2)c(C)c1C(=O)OC(C)C. The summed E-state index contributed by atoms with van der Waals surface area (Å²) >= 11 is 0. The normalized spacial score (nSPS) is 14.4. The maximum absolute atomic E-state index is 12.4. The van der Waals surface area contributed by atoms with E-state index in [1.165, 1.54) is 0 Å². The Morgan fingerprint density at radius 3 is 2.48 bits per heavy atom. The van der Waals surface area contributed by atoms with Crippen molar-refractivity contribution in [3.8, 4) is 11.5 Å². The van der Waals surface area contributed by atoms with Crippen LogP contribution >= 0.6 is 0 Å². The third kappa shape index (κ3) is 5.62. The summed E-state index contributed by atoms with van der Waals surface area (Å²) < 4.78 is 21.1. The Hall–Kier alpha value is -4.02. The zero-order chi connectivity index (χ0) is 24.1. The van der Waals surface area contributed by atoms with E-state index in [-0.39, 0.29) is 24.0 Å². The lowest BCUT2D eigenvalue weighted by Gasteiger charge is -2.25. The first-order valence-corrected chi connectivity index (χ1v) is 10.2. The second-order valence-corrected chi connectivity index (χ2v) is 7.56. The molecule has 1 aromatic heterocycles. The molecular formula is C22H25N3O8. The smallest absolute Gasteiger partial charge is 0.355 e. The fourth-order valence-electron chi connectivity index (χ4n) is 3.13. The summed E-state index contributed by atoms with van der Waals surface area (Å²) in [5.41, 5.74) is 5.42. The molecule has 0 fully saturated rings. The minimum Gasteiger partial charge on any atom is -0.485 e.